The summed E-state index contributed by atoms with van der Waals surface area (Å²) >= 11 is 0. The Morgan fingerprint density at radius 1 is 1.07 bits per heavy atom. The summed E-state index contributed by atoms with van der Waals surface area (Å²) in [6.07, 6.45) is 2.90. The van der Waals surface area contributed by atoms with Crippen LogP contribution in [0.3, 0.4) is 0 Å². The molecule has 2 bridgehead atoms. The molecular formula is C20H22N2O6. The zero-order valence-corrected chi connectivity index (χ0v) is 15.6. The van der Waals surface area contributed by atoms with E-state index in [1.165, 1.54) is 0 Å². The molecule has 0 spiro atoms. The summed E-state index contributed by atoms with van der Waals surface area (Å²) in [4.78, 5) is 50.1. The molecule has 1 aliphatic heterocycles. The lowest BCUT2D eigenvalue weighted by molar-refractivity contribution is -0.154. The molecule has 0 aromatic heterocycles. The van der Waals surface area contributed by atoms with Crippen molar-refractivity contribution in [1.29, 1.82) is 0 Å². The highest BCUT2D eigenvalue weighted by atomic mass is 16.5. The number of methoxy groups -OCH3 is 1. The first-order valence-electron chi connectivity index (χ1n) is 9.42. The molecule has 8 nitrogen and oxygen atoms in total. The van der Waals surface area contributed by atoms with Crippen LogP contribution >= 0.6 is 0 Å². The molecule has 1 N–H and O–H groups in total. The molecule has 4 rings (SSSR count). The number of benzene rings is 1. The molecule has 0 unspecified atom stereocenters. The number of carbonyl (C=O) groups is 4. The van der Waals surface area contributed by atoms with Crippen LogP contribution in [-0.2, 0) is 23.9 Å². The Kier molecular flexibility index (Phi) is 4.78. The molecule has 3 aliphatic rings. The predicted molar refractivity (Wildman–Crippen MR) is 97.1 cm³/mol. The molecule has 2 saturated carbocycles. The summed E-state index contributed by atoms with van der Waals surface area (Å²) < 4.78 is 9.99. The maximum absolute atomic E-state index is 12.6. The zero-order chi connectivity index (χ0) is 19.8. The topological polar surface area (TPSA) is 102 Å². The van der Waals surface area contributed by atoms with E-state index in [9.17, 15) is 19.2 Å². The van der Waals surface area contributed by atoms with Crippen LogP contribution in [0.25, 0.3) is 0 Å². The van der Waals surface area contributed by atoms with E-state index in [2.05, 4.69) is 5.32 Å². The molecule has 8 heteroatoms. The number of amides is 3. The van der Waals surface area contributed by atoms with E-state index in [1.54, 1.807) is 31.4 Å². The molecule has 1 aromatic carbocycles. The largest absolute Gasteiger partial charge is 0.497 e. The Labute approximate surface area is 162 Å². The Balaban J connectivity index is 1.27. The van der Waals surface area contributed by atoms with Gasteiger partial charge in [0.05, 0.1) is 18.9 Å². The highest BCUT2D eigenvalue weighted by Gasteiger charge is 2.61. The summed E-state index contributed by atoms with van der Waals surface area (Å²) in [5.41, 5.74) is 0.537. The fourth-order valence-electron chi connectivity index (χ4n) is 4.82. The first kappa shape index (κ1) is 18.5. The SMILES string of the molecule is COc1ccc(NC(=O)COC(=O)CN2C(=O)[C@@H]3[C@H]4CC[C@@H](C4)[C@H]3C2=O)cc1. The van der Waals surface area contributed by atoms with Crippen LogP contribution in [0.1, 0.15) is 19.3 Å². The number of nitrogens with one attached hydrogen (secondary N) is 1. The zero-order valence-electron chi connectivity index (χ0n) is 15.6. The van der Waals surface area contributed by atoms with Crippen molar-refractivity contribution in [2.75, 3.05) is 25.6 Å². The maximum atomic E-state index is 12.6. The lowest BCUT2D eigenvalue weighted by Crippen LogP contribution is -2.38. The second-order valence-electron chi connectivity index (χ2n) is 7.58. The van der Waals surface area contributed by atoms with Crippen LogP contribution in [0.5, 0.6) is 5.75 Å². The van der Waals surface area contributed by atoms with E-state index in [0.717, 1.165) is 24.2 Å². The average Bonchev–Trinajstić information content (AvgIpc) is 3.37. The quantitative estimate of drug-likeness (QED) is 0.582. The van der Waals surface area contributed by atoms with Gasteiger partial charge < -0.3 is 14.8 Å². The molecule has 3 amide bonds. The Hall–Kier alpha value is -2.90. The van der Waals surface area contributed by atoms with E-state index in [1.807, 2.05) is 0 Å². The lowest BCUT2D eigenvalue weighted by Gasteiger charge is -2.19. The molecule has 3 fully saturated rings. The Bertz CT molecular complexity index is 792. The van der Waals surface area contributed by atoms with Crippen LogP contribution in [-0.4, -0.2) is 48.9 Å². The van der Waals surface area contributed by atoms with E-state index >= 15 is 0 Å². The summed E-state index contributed by atoms with van der Waals surface area (Å²) in [5.74, 6) is -1.14. The minimum atomic E-state index is -0.765. The maximum Gasteiger partial charge on any atom is 0.326 e. The molecular weight excluding hydrogens is 364 g/mol. The Morgan fingerprint density at radius 3 is 2.25 bits per heavy atom. The number of ether oxygens (including phenoxy) is 2. The molecule has 0 radical (unpaired) electrons. The van der Waals surface area contributed by atoms with Crippen LogP contribution in [0.2, 0.25) is 0 Å². The van der Waals surface area contributed by atoms with Crippen molar-refractivity contribution in [3.63, 3.8) is 0 Å². The molecule has 28 heavy (non-hydrogen) atoms. The van der Waals surface area contributed by atoms with Gasteiger partial charge in [-0.15, -0.1) is 0 Å². The van der Waals surface area contributed by atoms with Crippen LogP contribution in [0.4, 0.5) is 5.69 Å². The lowest BCUT2D eigenvalue weighted by atomic mass is 9.81. The predicted octanol–water partition coefficient (Wildman–Crippen LogP) is 1.21. The van der Waals surface area contributed by atoms with Gasteiger partial charge in [0.15, 0.2) is 6.61 Å². The fourth-order valence-corrected chi connectivity index (χ4v) is 4.82. The molecule has 1 saturated heterocycles. The molecule has 2 aliphatic carbocycles. The number of rotatable bonds is 6. The molecule has 1 heterocycles. The number of imide groups is 1. The van der Waals surface area contributed by atoms with Gasteiger partial charge in [-0.1, -0.05) is 0 Å². The number of anilines is 1. The van der Waals surface area contributed by atoms with Gasteiger partial charge in [0.25, 0.3) is 5.91 Å². The molecule has 1 aromatic rings. The third-order valence-electron chi connectivity index (χ3n) is 6.04. The molecule has 4 atom stereocenters. The van der Waals surface area contributed by atoms with Gasteiger partial charge in [-0.2, -0.15) is 0 Å². The number of hydrogen-bond donors (Lipinski definition) is 1. The van der Waals surface area contributed by atoms with Crippen molar-refractivity contribution in [3.8, 4) is 5.75 Å². The monoisotopic (exact) mass is 386 g/mol. The number of carbonyl (C=O) groups excluding carboxylic acids is 4. The van der Waals surface area contributed by atoms with Gasteiger partial charge in [0, 0.05) is 5.69 Å². The van der Waals surface area contributed by atoms with Gasteiger partial charge >= 0.3 is 5.97 Å². The second kappa shape index (κ2) is 7.26. The van der Waals surface area contributed by atoms with Crippen molar-refractivity contribution in [1.82, 2.24) is 4.90 Å². The number of nitrogens with zero attached hydrogens (tertiary/aromatic N) is 1. The summed E-state index contributed by atoms with van der Waals surface area (Å²) in [6, 6.07) is 6.70. The van der Waals surface area contributed by atoms with E-state index in [0.29, 0.717) is 11.4 Å². The summed E-state index contributed by atoms with van der Waals surface area (Å²) in [5, 5.41) is 2.59. The third-order valence-corrected chi connectivity index (χ3v) is 6.04. The van der Waals surface area contributed by atoms with Gasteiger partial charge in [-0.3, -0.25) is 24.1 Å². The van der Waals surface area contributed by atoms with Crippen molar-refractivity contribution < 1.29 is 28.7 Å². The average molecular weight is 386 g/mol. The number of hydrogen-bond acceptors (Lipinski definition) is 6. The standard InChI is InChI=1S/C20H22N2O6/c1-27-14-6-4-13(5-7-14)21-15(23)10-28-16(24)9-22-19(25)17-11-2-3-12(8-11)18(17)20(22)26/h4-7,11-12,17-18H,2-3,8-10H2,1H3,(H,21,23)/t11-,12-,17+,18+/m0/s1. The highest BCUT2D eigenvalue weighted by Crippen LogP contribution is 2.56. The first-order valence-corrected chi connectivity index (χ1v) is 9.42. The van der Waals surface area contributed by atoms with Crippen molar-refractivity contribution in [2.45, 2.75) is 19.3 Å². The number of esters is 1. The van der Waals surface area contributed by atoms with Gasteiger partial charge in [-0.25, -0.2) is 0 Å². The summed E-state index contributed by atoms with van der Waals surface area (Å²) in [6.45, 7) is -0.918. The van der Waals surface area contributed by atoms with Gasteiger partial charge in [-0.05, 0) is 55.4 Å². The second-order valence-corrected chi connectivity index (χ2v) is 7.58. The number of likely N-dealkylation sites (tertiary alicyclic amines) is 1. The van der Waals surface area contributed by atoms with Crippen LogP contribution in [0, 0.1) is 23.7 Å². The Morgan fingerprint density at radius 2 is 1.68 bits per heavy atom. The van der Waals surface area contributed by atoms with Crippen molar-refractivity contribution >= 4 is 29.4 Å². The molecule has 148 valence electrons. The minimum absolute atomic E-state index is 0.262. The highest BCUT2D eigenvalue weighted by molar-refractivity contribution is 6.07. The van der Waals surface area contributed by atoms with E-state index in [4.69, 9.17) is 9.47 Å². The van der Waals surface area contributed by atoms with E-state index in [-0.39, 0.29) is 35.5 Å². The first-order chi connectivity index (χ1) is 13.5. The smallest absolute Gasteiger partial charge is 0.326 e. The minimum Gasteiger partial charge on any atom is -0.497 e. The van der Waals surface area contributed by atoms with E-state index < -0.39 is 25.0 Å². The van der Waals surface area contributed by atoms with Gasteiger partial charge in [0.1, 0.15) is 12.3 Å². The number of fused-ring (bicyclic) bond motifs is 5. The third kappa shape index (κ3) is 3.23. The normalized spacial score (nSPS) is 27.7. The van der Waals surface area contributed by atoms with Crippen LogP contribution in [0.15, 0.2) is 24.3 Å². The van der Waals surface area contributed by atoms with Crippen molar-refractivity contribution in [2.24, 2.45) is 23.7 Å². The fraction of sp³-hybridized carbons (Fsp3) is 0.500. The van der Waals surface area contributed by atoms with Gasteiger partial charge in [0.2, 0.25) is 11.8 Å². The summed E-state index contributed by atoms with van der Waals surface area (Å²) in [7, 11) is 1.54. The van der Waals surface area contributed by atoms with Crippen molar-refractivity contribution in [3.05, 3.63) is 24.3 Å². The van der Waals surface area contributed by atoms with Crippen LogP contribution < -0.4 is 10.1 Å².